The zero-order valence-electron chi connectivity index (χ0n) is 12.3. The Labute approximate surface area is 126 Å². The summed E-state index contributed by atoms with van der Waals surface area (Å²) in [5.74, 6) is -0.0626. The minimum Gasteiger partial charge on any atom is -0.379 e. The third kappa shape index (κ3) is 4.99. The molecule has 0 unspecified atom stereocenters. The average molecular weight is 289 g/mol. The molecule has 0 radical (unpaired) electrons. The highest BCUT2D eigenvalue weighted by Gasteiger charge is 2.14. The van der Waals surface area contributed by atoms with Crippen LogP contribution in [0.4, 0.5) is 0 Å². The third-order valence-electron chi connectivity index (χ3n) is 3.55. The number of rotatable bonds is 1. The van der Waals surface area contributed by atoms with E-state index in [0.717, 1.165) is 31.4 Å². The molecular weight excluding hydrogens is 266 g/mol. The van der Waals surface area contributed by atoms with Gasteiger partial charge in [-0.2, -0.15) is 0 Å². The van der Waals surface area contributed by atoms with Gasteiger partial charge in [0.05, 0.1) is 19.8 Å². The van der Waals surface area contributed by atoms with E-state index in [9.17, 15) is 4.79 Å². The van der Waals surface area contributed by atoms with E-state index in [0.29, 0.717) is 25.4 Å². The maximum absolute atomic E-state index is 12.4. The van der Waals surface area contributed by atoms with Gasteiger partial charge in [0.15, 0.2) is 0 Å². The maximum Gasteiger partial charge on any atom is 0.252 e. The molecule has 0 saturated heterocycles. The standard InChI is InChI=1S/C17H23NO3/c1-2-15-8-5-6-10-20-11-12-21-13-14-7-3-4-9-16(14)17(19)18-15/h2-4,7,9,15H,1,5-6,8,10-13H2,(H,18,19)/t15-/m1/s1. The molecule has 4 heteroatoms. The largest absolute Gasteiger partial charge is 0.379 e. The van der Waals surface area contributed by atoms with Crippen molar-refractivity contribution in [2.45, 2.75) is 31.9 Å². The van der Waals surface area contributed by atoms with Crippen molar-refractivity contribution in [3.63, 3.8) is 0 Å². The molecule has 0 bridgehead atoms. The SMILES string of the molecule is C=C[C@@H]1CCCCOCCOCc2ccccc2C(=O)N1. The molecule has 1 aromatic rings. The molecule has 1 aliphatic heterocycles. The normalized spacial score (nSPS) is 21.7. The van der Waals surface area contributed by atoms with E-state index in [1.165, 1.54) is 0 Å². The summed E-state index contributed by atoms with van der Waals surface area (Å²) in [6.07, 6.45) is 4.66. The van der Waals surface area contributed by atoms with Crippen LogP contribution in [0.1, 0.15) is 35.2 Å². The second kappa shape index (κ2) is 8.60. The van der Waals surface area contributed by atoms with Gasteiger partial charge in [0.2, 0.25) is 0 Å². The van der Waals surface area contributed by atoms with Crippen molar-refractivity contribution in [2.24, 2.45) is 0 Å². The minimum atomic E-state index is -0.0626. The van der Waals surface area contributed by atoms with Crippen LogP contribution in [-0.2, 0) is 16.1 Å². The first-order valence-corrected chi connectivity index (χ1v) is 7.48. The zero-order valence-corrected chi connectivity index (χ0v) is 12.3. The predicted octanol–water partition coefficient (Wildman–Crippen LogP) is 2.69. The second-order valence-corrected chi connectivity index (χ2v) is 5.13. The fourth-order valence-corrected chi connectivity index (χ4v) is 2.33. The Balaban J connectivity index is 2.12. The number of hydrogen-bond donors (Lipinski definition) is 1. The molecule has 1 amide bonds. The van der Waals surface area contributed by atoms with Gasteiger partial charge in [0.1, 0.15) is 0 Å². The van der Waals surface area contributed by atoms with Crippen molar-refractivity contribution >= 4 is 5.91 Å². The summed E-state index contributed by atoms with van der Waals surface area (Å²) in [5.41, 5.74) is 1.57. The average Bonchev–Trinajstić information content (AvgIpc) is 2.51. The minimum absolute atomic E-state index is 0.00517. The fourth-order valence-electron chi connectivity index (χ4n) is 2.33. The lowest BCUT2D eigenvalue weighted by Crippen LogP contribution is -2.34. The highest BCUT2D eigenvalue weighted by atomic mass is 16.5. The van der Waals surface area contributed by atoms with Crippen molar-refractivity contribution in [3.8, 4) is 0 Å². The number of carbonyl (C=O) groups excluding carboxylic acids is 1. The first kappa shape index (κ1) is 15.7. The van der Waals surface area contributed by atoms with Crippen molar-refractivity contribution in [2.75, 3.05) is 19.8 Å². The van der Waals surface area contributed by atoms with E-state index >= 15 is 0 Å². The van der Waals surface area contributed by atoms with E-state index in [4.69, 9.17) is 9.47 Å². The summed E-state index contributed by atoms with van der Waals surface area (Å²) >= 11 is 0. The molecular formula is C17H23NO3. The fraction of sp³-hybridized carbons (Fsp3) is 0.471. The number of hydrogen-bond acceptors (Lipinski definition) is 3. The van der Waals surface area contributed by atoms with Crippen molar-refractivity contribution in [1.29, 1.82) is 0 Å². The van der Waals surface area contributed by atoms with E-state index in [1.54, 1.807) is 6.08 Å². The van der Waals surface area contributed by atoms with Gasteiger partial charge >= 0.3 is 0 Å². The van der Waals surface area contributed by atoms with Gasteiger partial charge in [-0.15, -0.1) is 6.58 Å². The number of fused-ring (bicyclic) bond motifs is 1. The lowest BCUT2D eigenvalue weighted by molar-refractivity contribution is 0.0386. The van der Waals surface area contributed by atoms with Crippen LogP contribution in [0.2, 0.25) is 0 Å². The molecule has 2 rings (SSSR count). The third-order valence-corrected chi connectivity index (χ3v) is 3.55. The Morgan fingerprint density at radius 3 is 2.81 bits per heavy atom. The summed E-state index contributed by atoms with van der Waals surface area (Å²) in [4.78, 5) is 12.4. The predicted molar refractivity (Wildman–Crippen MR) is 82.2 cm³/mol. The van der Waals surface area contributed by atoms with Crippen LogP contribution < -0.4 is 5.32 Å². The Kier molecular flexibility index (Phi) is 6.44. The van der Waals surface area contributed by atoms with Crippen LogP contribution in [0.25, 0.3) is 0 Å². The number of benzene rings is 1. The zero-order chi connectivity index (χ0) is 14.9. The lowest BCUT2D eigenvalue weighted by Gasteiger charge is -2.17. The monoisotopic (exact) mass is 289 g/mol. The summed E-state index contributed by atoms with van der Waals surface area (Å²) in [5, 5.41) is 3.02. The van der Waals surface area contributed by atoms with E-state index in [2.05, 4.69) is 11.9 Å². The Morgan fingerprint density at radius 2 is 1.95 bits per heavy atom. The molecule has 4 nitrogen and oxygen atoms in total. The van der Waals surface area contributed by atoms with Gasteiger partial charge in [-0.3, -0.25) is 4.79 Å². The number of ether oxygens (including phenoxy) is 2. The smallest absolute Gasteiger partial charge is 0.252 e. The molecule has 1 atom stereocenters. The molecule has 0 spiro atoms. The Morgan fingerprint density at radius 1 is 1.14 bits per heavy atom. The highest BCUT2D eigenvalue weighted by Crippen LogP contribution is 2.12. The van der Waals surface area contributed by atoms with Gasteiger partial charge in [-0.05, 0) is 30.9 Å². The first-order chi connectivity index (χ1) is 10.3. The Bertz CT molecular complexity index is 473. The van der Waals surface area contributed by atoms with Crippen LogP contribution in [0.15, 0.2) is 36.9 Å². The van der Waals surface area contributed by atoms with Gasteiger partial charge in [-0.1, -0.05) is 24.3 Å². The quantitative estimate of drug-likeness (QED) is 0.809. The highest BCUT2D eigenvalue weighted by molar-refractivity contribution is 5.95. The molecule has 0 aliphatic carbocycles. The Hall–Kier alpha value is -1.65. The lowest BCUT2D eigenvalue weighted by atomic mass is 10.1. The van der Waals surface area contributed by atoms with Crippen molar-refractivity contribution in [1.82, 2.24) is 5.32 Å². The molecule has 1 N–H and O–H groups in total. The van der Waals surface area contributed by atoms with Gasteiger partial charge < -0.3 is 14.8 Å². The van der Waals surface area contributed by atoms with E-state index < -0.39 is 0 Å². The van der Waals surface area contributed by atoms with Crippen LogP contribution in [0.3, 0.4) is 0 Å². The molecule has 0 fully saturated rings. The van der Waals surface area contributed by atoms with Crippen LogP contribution in [0.5, 0.6) is 0 Å². The van der Waals surface area contributed by atoms with Crippen LogP contribution in [-0.4, -0.2) is 31.8 Å². The van der Waals surface area contributed by atoms with E-state index in [1.807, 2.05) is 24.3 Å². The van der Waals surface area contributed by atoms with E-state index in [-0.39, 0.29) is 11.9 Å². The van der Waals surface area contributed by atoms with Crippen LogP contribution >= 0.6 is 0 Å². The molecule has 0 saturated carbocycles. The number of carbonyl (C=O) groups is 1. The number of nitrogens with one attached hydrogen (secondary N) is 1. The molecule has 21 heavy (non-hydrogen) atoms. The maximum atomic E-state index is 12.4. The molecule has 0 aromatic heterocycles. The summed E-state index contributed by atoms with van der Waals surface area (Å²) < 4.78 is 11.1. The molecule has 1 aromatic carbocycles. The molecule has 1 aliphatic rings. The topological polar surface area (TPSA) is 47.6 Å². The van der Waals surface area contributed by atoms with Crippen LogP contribution in [0, 0.1) is 0 Å². The van der Waals surface area contributed by atoms with Gasteiger partial charge in [0, 0.05) is 18.2 Å². The second-order valence-electron chi connectivity index (χ2n) is 5.13. The van der Waals surface area contributed by atoms with Gasteiger partial charge in [-0.25, -0.2) is 0 Å². The van der Waals surface area contributed by atoms with Crippen molar-refractivity contribution < 1.29 is 14.3 Å². The number of amides is 1. The summed E-state index contributed by atoms with van der Waals surface area (Å²) in [7, 11) is 0. The molecule has 114 valence electrons. The van der Waals surface area contributed by atoms with Gasteiger partial charge in [0.25, 0.3) is 5.91 Å². The first-order valence-electron chi connectivity index (χ1n) is 7.48. The summed E-state index contributed by atoms with van der Waals surface area (Å²) in [6.45, 7) is 6.11. The summed E-state index contributed by atoms with van der Waals surface area (Å²) in [6, 6.07) is 7.53. The van der Waals surface area contributed by atoms with Crippen molar-refractivity contribution in [3.05, 3.63) is 48.0 Å². The molecule has 1 heterocycles.